The smallest absolute Gasteiger partial charge is 0.316 e. The molecule has 0 unspecified atom stereocenters. The number of nitrogens with zero attached hydrogens (tertiary/aromatic N) is 3. The van der Waals surface area contributed by atoms with E-state index < -0.39 is 5.41 Å². The Morgan fingerprint density at radius 1 is 1.55 bits per heavy atom. The lowest BCUT2D eigenvalue weighted by Crippen LogP contribution is -2.51. The molecule has 0 aliphatic carbocycles. The number of carbonyl (C=O) groups is 1. The first kappa shape index (κ1) is 16.2. The second kappa shape index (κ2) is 7.23. The van der Waals surface area contributed by atoms with Crippen molar-refractivity contribution in [1.82, 2.24) is 4.98 Å². The number of hydrogen-bond donors (Lipinski definition) is 0. The van der Waals surface area contributed by atoms with Crippen molar-refractivity contribution in [1.29, 1.82) is 5.26 Å². The summed E-state index contributed by atoms with van der Waals surface area (Å²) in [4.78, 5) is 18.8. The molecular weight excluding hydrogens is 282 g/mol. The van der Waals surface area contributed by atoms with Crippen molar-refractivity contribution in [2.75, 3.05) is 38.3 Å². The van der Waals surface area contributed by atoms with Crippen molar-refractivity contribution < 1.29 is 14.3 Å². The van der Waals surface area contributed by atoms with Gasteiger partial charge in [-0.2, -0.15) is 5.26 Å². The van der Waals surface area contributed by atoms with Crippen LogP contribution in [0.1, 0.15) is 25.5 Å². The van der Waals surface area contributed by atoms with E-state index in [1.807, 2.05) is 17.0 Å². The van der Waals surface area contributed by atoms with Crippen molar-refractivity contribution in [2.24, 2.45) is 5.41 Å². The van der Waals surface area contributed by atoms with E-state index in [0.717, 1.165) is 19.4 Å². The predicted octanol–water partition coefficient (Wildman–Crippen LogP) is 1.75. The number of carbonyl (C=O) groups excluding carboxylic acids is 1. The Hall–Kier alpha value is -2.13. The first-order valence-corrected chi connectivity index (χ1v) is 7.43. The molecule has 1 aliphatic heterocycles. The fraction of sp³-hybridized carbons (Fsp3) is 0.562. The molecule has 6 heteroatoms. The van der Waals surface area contributed by atoms with Crippen LogP contribution < -0.4 is 4.90 Å². The van der Waals surface area contributed by atoms with Gasteiger partial charge in [0, 0.05) is 20.2 Å². The number of esters is 1. The minimum atomic E-state index is -0.673. The Kier molecular flexibility index (Phi) is 5.34. The lowest BCUT2D eigenvalue weighted by molar-refractivity contribution is -0.159. The standard InChI is InChI=1S/C16H21N3O3/c1-3-22-15(20)16(12-21-2)8-5-9-19(11-16)14-7-4-6-13(10-17)18-14/h4,6-7H,3,5,8-9,11-12H2,1-2H3/t16-/m0/s1. The minimum absolute atomic E-state index is 0.224. The van der Waals surface area contributed by atoms with Gasteiger partial charge >= 0.3 is 5.97 Å². The quantitative estimate of drug-likeness (QED) is 0.771. The summed E-state index contributed by atoms with van der Waals surface area (Å²) in [7, 11) is 1.59. The number of nitriles is 1. The largest absolute Gasteiger partial charge is 0.465 e. The van der Waals surface area contributed by atoms with Gasteiger partial charge in [0.15, 0.2) is 0 Å². The zero-order valence-corrected chi connectivity index (χ0v) is 13.0. The Morgan fingerprint density at radius 2 is 2.36 bits per heavy atom. The molecule has 118 valence electrons. The van der Waals surface area contributed by atoms with E-state index >= 15 is 0 Å². The predicted molar refractivity (Wildman–Crippen MR) is 81.3 cm³/mol. The monoisotopic (exact) mass is 303 g/mol. The summed E-state index contributed by atoms with van der Waals surface area (Å²) in [6, 6.07) is 7.37. The van der Waals surface area contributed by atoms with Gasteiger partial charge in [0.05, 0.1) is 13.2 Å². The first-order valence-electron chi connectivity index (χ1n) is 7.43. The summed E-state index contributed by atoms with van der Waals surface area (Å²) in [5.41, 5.74) is -0.301. The third-order valence-electron chi connectivity index (χ3n) is 3.88. The van der Waals surface area contributed by atoms with Crippen molar-refractivity contribution in [3.8, 4) is 6.07 Å². The van der Waals surface area contributed by atoms with Gasteiger partial charge in [-0.3, -0.25) is 4.79 Å². The van der Waals surface area contributed by atoms with Crippen LogP contribution in [-0.2, 0) is 14.3 Å². The molecule has 2 rings (SSSR count). The molecule has 22 heavy (non-hydrogen) atoms. The van der Waals surface area contributed by atoms with Crippen LogP contribution in [0.5, 0.6) is 0 Å². The summed E-state index contributed by atoms with van der Waals surface area (Å²) in [5, 5.41) is 8.98. The number of hydrogen-bond acceptors (Lipinski definition) is 6. The molecule has 0 aromatic carbocycles. The fourth-order valence-corrected chi connectivity index (χ4v) is 2.89. The molecule has 1 fully saturated rings. The molecule has 0 saturated carbocycles. The Balaban J connectivity index is 2.24. The number of piperidine rings is 1. The third kappa shape index (κ3) is 3.37. The molecular formula is C16H21N3O3. The highest BCUT2D eigenvalue weighted by molar-refractivity contribution is 5.78. The maximum absolute atomic E-state index is 12.4. The summed E-state index contributed by atoms with van der Waals surface area (Å²) >= 11 is 0. The van der Waals surface area contributed by atoms with E-state index in [1.165, 1.54) is 0 Å². The first-order chi connectivity index (χ1) is 10.6. The second-order valence-corrected chi connectivity index (χ2v) is 5.45. The van der Waals surface area contributed by atoms with E-state index in [9.17, 15) is 4.79 Å². The van der Waals surface area contributed by atoms with E-state index in [2.05, 4.69) is 4.98 Å². The number of rotatable bonds is 5. The van der Waals surface area contributed by atoms with E-state index in [1.54, 1.807) is 26.2 Å². The lowest BCUT2D eigenvalue weighted by atomic mass is 9.80. The van der Waals surface area contributed by atoms with Gasteiger partial charge in [-0.25, -0.2) is 4.98 Å². The zero-order valence-electron chi connectivity index (χ0n) is 13.0. The van der Waals surface area contributed by atoms with Crippen molar-refractivity contribution in [3.05, 3.63) is 23.9 Å². The van der Waals surface area contributed by atoms with Gasteiger partial charge in [-0.1, -0.05) is 6.07 Å². The Labute approximate surface area is 130 Å². The van der Waals surface area contributed by atoms with Crippen LogP contribution >= 0.6 is 0 Å². The van der Waals surface area contributed by atoms with Crippen LogP contribution in [0.3, 0.4) is 0 Å². The molecule has 1 atom stereocenters. The average molecular weight is 303 g/mol. The van der Waals surface area contributed by atoms with E-state index in [4.69, 9.17) is 14.7 Å². The number of anilines is 1. The molecule has 1 aliphatic rings. The molecule has 6 nitrogen and oxygen atoms in total. The van der Waals surface area contributed by atoms with Gasteiger partial charge in [0.2, 0.25) is 0 Å². The average Bonchev–Trinajstić information content (AvgIpc) is 2.55. The number of methoxy groups -OCH3 is 1. The molecule has 0 radical (unpaired) electrons. The summed E-state index contributed by atoms with van der Waals surface area (Å²) in [6.45, 7) is 3.76. The van der Waals surface area contributed by atoms with Gasteiger partial charge in [-0.05, 0) is 31.9 Å². The normalized spacial score (nSPS) is 21.2. The molecule has 1 aromatic heterocycles. The maximum atomic E-state index is 12.4. The third-order valence-corrected chi connectivity index (χ3v) is 3.88. The molecule has 1 aromatic rings. The SMILES string of the molecule is CCOC(=O)[C@@]1(COC)CCCN(c2cccc(C#N)n2)C1. The van der Waals surface area contributed by atoms with Crippen molar-refractivity contribution in [2.45, 2.75) is 19.8 Å². The minimum Gasteiger partial charge on any atom is -0.465 e. The van der Waals surface area contributed by atoms with Crippen molar-refractivity contribution >= 4 is 11.8 Å². The summed E-state index contributed by atoms with van der Waals surface area (Å²) < 4.78 is 10.5. The maximum Gasteiger partial charge on any atom is 0.316 e. The van der Waals surface area contributed by atoms with Crippen LogP contribution in [0, 0.1) is 16.7 Å². The van der Waals surface area contributed by atoms with Crippen LogP contribution in [-0.4, -0.2) is 44.4 Å². The van der Waals surface area contributed by atoms with Crippen LogP contribution in [0.2, 0.25) is 0 Å². The van der Waals surface area contributed by atoms with Crippen LogP contribution in [0.4, 0.5) is 5.82 Å². The second-order valence-electron chi connectivity index (χ2n) is 5.45. The highest BCUT2D eigenvalue weighted by atomic mass is 16.5. The highest BCUT2D eigenvalue weighted by Crippen LogP contribution is 2.33. The number of ether oxygens (including phenoxy) is 2. The molecule has 1 saturated heterocycles. The zero-order chi connectivity index (χ0) is 16.0. The van der Waals surface area contributed by atoms with Gasteiger partial charge in [-0.15, -0.1) is 0 Å². The Bertz CT molecular complexity index is 566. The summed E-state index contributed by atoms with van der Waals surface area (Å²) in [6.07, 6.45) is 1.58. The number of pyridine rings is 1. The molecule has 0 spiro atoms. The van der Waals surface area contributed by atoms with E-state index in [-0.39, 0.29) is 5.97 Å². The van der Waals surface area contributed by atoms with Gasteiger partial charge < -0.3 is 14.4 Å². The fourth-order valence-electron chi connectivity index (χ4n) is 2.89. The Morgan fingerprint density at radius 3 is 3.05 bits per heavy atom. The van der Waals surface area contributed by atoms with Crippen LogP contribution in [0.15, 0.2) is 18.2 Å². The molecule has 0 amide bonds. The van der Waals surface area contributed by atoms with E-state index in [0.29, 0.717) is 31.3 Å². The van der Waals surface area contributed by atoms with Gasteiger partial charge in [0.25, 0.3) is 0 Å². The van der Waals surface area contributed by atoms with Crippen molar-refractivity contribution in [3.63, 3.8) is 0 Å². The number of aromatic nitrogens is 1. The van der Waals surface area contributed by atoms with Crippen LogP contribution in [0.25, 0.3) is 0 Å². The lowest BCUT2D eigenvalue weighted by Gasteiger charge is -2.41. The molecule has 2 heterocycles. The molecule has 0 N–H and O–H groups in total. The summed E-state index contributed by atoms with van der Waals surface area (Å²) in [5.74, 6) is 0.488. The highest BCUT2D eigenvalue weighted by Gasteiger charge is 2.44. The topological polar surface area (TPSA) is 75.5 Å². The molecule has 0 bridgehead atoms. The van der Waals surface area contributed by atoms with Gasteiger partial charge in [0.1, 0.15) is 23.0 Å².